The number of nitrogens with one attached hydrogen (secondary N) is 2. The Morgan fingerprint density at radius 2 is 2.05 bits per heavy atom. The molecule has 1 aromatic carbocycles. The topological polar surface area (TPSA) is 96.9 Å². The van der Waals surface area contributed by atoms with E-state index in [1.54, 1.807) is 25.3 Å². The van der Waals surface area contributed by atoms with Gasteiger partial charge in [0.2, 0.25) is 0 Å². The van der Waals surface area contributed by atoms with Gasteiger partial charge in [-0.25, -0.2) is 9.59 Å². The number of ether oxygens (including phenoxy) is 2. The predicted molar refractivity (Wildman–Crippen MR) is 73.2 cm³/mol. The maximum absolute atomic E-state index is 11.7. The monoisotopic (exact) mass is 282 g/mol. The number of amides is 2. The van der Waals surface area contributed by atoms with Crippen LogP contribution in [-0.4, -0.2) is 44.0 Å². The molecule has 1 atom stereocenters. The van der Waals surface area contributed by atoms with E-state index in [4.69, 9.17) is 14.6 Å². The normalized spacial score (nSPS) is 11.6. The number of methoxy groups -OCH3 is 2. The maximum Gasteiger partial charge on any atom is 0.328 e. The molecule has 1 aromatic rings. The van der Waals surface area contributed by atoms with Crippen molar-refractivity contribution in [3.63, 3.8) is 0 Å². The highest BCUT2D eigenvalue weighted by Crippen LogP contribution is 2.20. The lowest BCUT2D eigenvalue weighted by Gasteiger charge is -2.15. The van der Waals surface area contributed by atoms with Gasteiger partial charge in [-0.15, -0.1) is 0 Å². The van der Waals surface area contributed by atoms with Gasteiger partial charge < -0.3 is 25.2 Å². The van der Waals surface area contributed by atoms with E-state index in [0.717, 1.165) is 5.56 Å². The van der Waals surface area contributed by atoms with Gasteiger partial charge in [0.15, 0.2) is 6.04 Å². The summed E-state index contributed by atoms with van der Waals surface area (Å²) in [4.78, 5) is 22.6. The van der Waals surface area contributed by atoms with Crippen LogP contribution in [0.1, 0.15) is 5.56 Å². The van der Waals surface area contributed by atoms with Crippen LogP contribution >= 0.6 is 0 Å². The van der Waals surface area contributed by atoms with E-state index in [-0.39, 0.29) is 6.61 Å². The molecule has 0 radical (unpaired) electrons. The second-order valence-corrected chi connectivity index (χ2v) is 4.13. The molecule has 110 valence electrons. The number of hydrogen-bond donors (Lipinski definition) is 3. The van der Waals surface area contributed by atoms with Gasteiger partial charge >= 0.3 is 12.0 Å². The lowest BCUT2D eigenvalue weighted by Crippen LogP contribution is -2.45. The van der Waals surface area contributed by atoms with Crippen molar-refractivity contribution in [2.75, 3.05) is 26.1 Å². The van der Waals surface area contributed by atoms with Crippen molar-refractivity contribution in [2.24, 2.45) is 0 Å². The first kappa shape index (κ1) is 15.8. The highest BCUT2D eigenvalue weighted by Gasteiger charge is 2.19. The number of carbonyl (C=O) groups is 2. The summed E-state index contributed by atoms with van der Waals surface area (Å²) in [7, 11) is 2.92. The zero-order chi connectivity index (χ0) is 15.1. The summed E-state index contributed by atoms with van der Waals surface area (Å²) in [5, 5.41) is 13.8. The van der Waals surface area contributed by atoms with Crippen molar-refractivity contribution in [3.05, 3.63) is 23.8 Å². The van der Waals surface area contributed by atoms with Crippen molar-refractivity contribution in [3.8, 4) is 5.75 Å². The zero-order valence-electron chi connectivity index (χ0n) is 11.6. The Labute approximate surface area is 116 Å². The Bertz CT molecular complexity index is 490. The number of benzene rings is 1. The van der Waals surface area contributed by atoms with E-state index in [1.807, 2.05) is 6.92 Å². The molecular weight excluding hydrogens is 264 g/mol. The molecule has 0 aliphatic heterocycles. The third-order valence-electron chi connectivity index (χ3n) is 2.62. The molecule has 2 amide bonds. The minimum absolute atomic E-state index is 0.107. The van der Waals surface area contributed by atoms with Gasteiger partial charge in [-0.05, 0) is 30.7 Å². The summed E-state index contributed by atoms with van der Waals surface area (Å²) < 4.78 is 9.79. The highest BCUT2D eigenvalue weighted by molar-refractivity contribution is 5.93. The standard InChI is InChI=1S/C13H18N2O5/c1-8-6-9(20-3)4-5-10(8)14-13(18)15-11(7-19-2)12(16)17/h4-6,11H,7H2,1-3H3,(H,16,17)(H2,14,15,18). The molecular formula is C13H18N2O5. The molecule has 0 spiro atoms. The average Bonchev–Trinajstić information content (AvgIpc) is 2.40. The molecule has 7 heteroatoms. The number of aliphatic carboxylic acids is 1. The number of rotatable bonds is 6. The largest absolute Gasteiger partial charge is 0.497 e. The first-order chi connectivity index (χ1) is 9.47. The van der Waals surface area contributed by atoms with Crippen molar-refractivity contribution in [1.82, 2.24) is 5.32 Å². The maximum atomic E-state index is 11.7. The van der Waals surface area contributed by atoms with E-state index >= 15 is 0 Å². The smallest absolute Gasteiger partial charge is 0.328 e. The lowest BCUT2D eigenvalue weighted by atomic mass is 10.2. The number of carbonyl (C=O) groups excluding carboxylic acids is 1. The summed E-state index contributed by atoms with van der Waals surface area (Å²) in [6.45, 7) is 1.70. The summed E-state index contributed by atoms with van der Waals surface area (Å²) in [5.74, 6) is -0.482. The van der Waals surface area contributed by atoms with Gasteiger partial charge in [-0.3, -0.25) is 0 Å². The molecule has 20 heavy (non-hydrogen) atoms. The molecule has 0 saturated heterocycles. The number of aryl methyl sites for hydroxylation is 1. The third-order valence-corrected chi connectivity index (χ3v) is 2.62. The van der Waals surface area contributed by atoms with Gasteiger partial charge in [0, 0.05) is 12.8 Å². The molecule has 0 aliphatic rings. The van der Waals surface area contributed by atoms with E-state index in [0.29, 0.717) is 11.4 Å². The molecule has 0 heterocycles. The van der Waals surface area contributed by atoms with Crippen LogP contribution in [0.4, 0.5) is 10.5 Å². The summed E-state index contributed by atoms with van der Waals surface area (Å²) in [5.41, 5.74) is 1.38. The van der Waals surface area contributed by atoms with Crippen molar-refractivity contribution >= 4 is 17.7 Å². The van der Waals surface area contributed by atoms with Crippen LogP contribution in [0.25, 0.3) is 0 Å². The fourth-order valence-electron chi connectivity index (χ4n) is 1.56. The van der Waals surface area contributed by atoms with Gasteiger partial charge in [0.1, 0.15) is 5.75 Å². The van der Waals surface area contributed by atoms with Gasteiger partial charge in [0.05, 0.1) is 13.7 Å². The molecule has 0 saturated carbocycles. The molecule has 0 bridgehead atoms. The fraction of sp³-hybridized carbons (Fsp3) is 0.385. The van der Waals surface area contributed by atoms with Gasteiger partial charge in [0.25, 0.3) is 0 Å². The van der Waals surface area contributed by atoms with Crippen LogP contribution in [0.2, 0.25) is 0 Å². The lowest BCUT2D eigenvalue weighted by molar-refractivity contribution is -0.140. The Kier molecular flexibility index (Phi) is 5.79. The van der Waals surface area contributed by atoms with E-state index in [9.17, 15) is 9.59 Å². The average molecular weight is 282 g/mol. The number of carboxylic acids is 1. The van der Waals surface area contributed by atoms with E-state index < -0.39 is 18.0 Å². The van der Waals surface area contributed by atoms with Crippen LogP contribution in [-0.2, 0) is 9.53 Å². The van der Waals surface area contributed by atoms with Crippen molar-refractivity contribution in [1.29, 1.82) is 0 Å². The molecule has 3 N–H and O–H groups in total. The molecule has 0 aliphatic carbocycles. The van der Waals surface area contributed by atoms with Crippen LogP contribution in [0.15, 0.2) is 18.2 Å². The predicted octanol–water partition coefficient (Wildman–Crippen LogP) is 1.22. The second kappa shape index (κ2) is 7.34. The Hall–Kier alpha value is -2.28. The molecule has 1 rings (SSSR count). The number of carboxylic acid groups (broad SMARTS) is 1. The Morgan fingerprint density at radius 1 is 1.35 bits per heavy atom. The zero-order valence-corrected chi connectivity index (χ0v) is 11.6. The highest BCUT2D eigenvalue weighted by atomic mass is 16.5. The second-order valence-electron chi connectivity index (χ2n) is 4.13. The number of urea groups is 1. The minimum Gasteiger partial charge on any atom is -0.497 e. The van der Waals surface area contributed by atoms with Gasteiger partial charge in [-0.2, -0.15) is 0 Å². The van der Waals surface area contributed by atoms with Gasteiger partial charge in [-0.1, -0.05) is 0 Å². The SMILES string of the molecule is COCC(NC(=O)Nc1ccc(OC)cc1C)C(=O)O. The molecule has 0 fully saturated rings. The summed E-state index contributed by atoms with van der Waals surface area (Å²) in [6.07, 6.45) is 0. The van der Waals surface area contributed by atoms with E-state index in [2.05, 4.69) is 10.6 Å². The fourth-order valence-corrected chi connectivity index (χ4v) is 1.56. The minimum atomic E-state index is -1.16. The van der Waals surface area contributed by atoms with Crippen molar-refractivity contribution < 1.29 is 24.2 Å². The number of hydrogen-bond acceptors (Lipinski definition) is 4. The molecule has 0 aromatic heterocycles. The molecule has 1 unspecified atom stereocenters. The van der Waals surface area contributed by atoms with Crippen molar-refractivity contribution in [2.45, 2.75) is 13.0 Å². The summed E-state index contributed by atoms with van der Waals surface area (Å²) >= 11 is 0. The molecule has 7 nitrogen and oxygen atoms in total. The quantitative estimate of drug-likeness (QED) is 0.729. The Balaban J connectivity index is 2.68. The third kappa shape index (κ3) is 4.43. The van der Waals surface area contributed by atoms with Crippen LogP contribution in [0.3, 0.4) is 0 Å². The first-order valence-corrected chi connectivity index (χ1v) is 5.91. The van der Waals surface area contributed by atoms with Crippen LogP contribution < -0.4 is 15.4 Å². The van der Waals surface area contributed by atoms with Crippen LogP contribution in [0, 0.1) is 6.92 Å². The Morgan fingerprint density at radius 3 is 2.55 bits per heavy atom. The van der Waals surface area contributed by atoms with E-state index in [1.165, 1.54) is 7.11 Å². The first-order valence-electron chi connectivity index (χ1n) is 5.91. The van der Waals surface area contributed by atoms with Crippen LogP contribution in [0.5, 0.6) is 5.75 Å². The number of anilines is 1. The summed E-state index contributed by atoms with van der Waals surface area (Å²) in [6, 6.07) is 3.44.